The third-order valence-corrected chi connectivity index (χ3v) is 4.80. The van der Waals surface area contributed by atoms with Gasteiger partial charge in [-0.3, -0.25) is 4.90 Å². The van der Waals surface area contributed by atoms with Crippen molar-refractivity contribution in [3.05, 3.63) is 54.1 Å². The second-order valence-corrected chi connectivity index (χ2v) is 6.68. The number of nitrogens with zero attached hydrogens (tertiary/aromatic N) is 5. The number of fused-ring (bicyclic) bond motifs is 1. The smallest absolute Gasteiger partial charge is 0.113 e. The molecule has 124 valence electrons. The summed E-state index contributed by atoms with van der Waals surface area (Å²) in [6, 6.07) is 17.4. The van der Waals surface area contributed by atoms with Crippen molar-refractivity contribution in [2.24, 2.45) is 0 Å². The van der Waals surface area contributed by atoms with Crippen LogP contribution in [0.1, 0.15) is 12.5 Å². The number of aryl methyl sites for hydroxylation is 1. The van der Waals surface area contributed by atoms with Gasteiger partial charge < -0.3 is 4.90 Å². The summed E-state index contributed by atoms with van der Waals surface area (Å²) >= 11 is 0. The van der Waals surface area contributed by atoms with E-state index in [4.69, 9.17) is 0 Å². The van der Waals surface area contributed by atoms with Crippen molar-refractivity contribution in [3.8, 4) is 0 Å². The third kappa shape index (κ3) is 2.87. The fourth-order valence-electron chi connectivity index (χ4n) is 3.56. The molecule has 24 heavy (non-hydrogen) atoms. The minimum absolute atomic E-state index is 0.482. The molecule has 2 heterocycles. The van der Waals surface area contributed by atoms with Gasteiger partial charge in [0.1, 0.15) is 5.52 Å². The van der Waals surface area contributed by atoms with Gasteiger partial charge >= 0.3 is 0 Å². The first-order chi connectivity index (χ1) is 11.7. The molecule has 0 aliphatic carbocycles. The van der Waals surface area contributed by atoms with Crippen LogP contribution >= 0.6 is 0 Å². The zero-order valence-corrected chi connectivity index (χ0v) is 14.3. The molecule has 4 rings (SSSR count). The van der Waals surface area contributed by atoms with E-state index in [1.165, 1.54) is 11.3 Å². The lowest BCUT2D eigenvalue weighted by Gasteiger charge is -2.41. The van der Waals surface area contributed by atoms with E-state index in [-0.39, 0.29) is 0 Å². The number of piperazine rings is 1. The molecule has 3 aromatic rings. The van der Waals surface area contributed by atoms with Crippen molar-refractivity contribution in [2.75, 3.05) is 24.5 Å². The number of benzene rings is 2. The van der Waals surface area contributed by atoms with Gasteiger partial charge in [0, 0.05) is 31.4 Å². The van der Waals surface area contributed by atoms with Crippen LogP contribution in [0.2, 0.25) is 0 Å². The zero-order valence-electron chi connectivity index (χ0n) is 14.3. The Balaban J connectivity index is 1.47. The Morgan fingerprint density at radius 3 is 2.79 bits per heavy atom. The largest absolute Gasteiger partial charge is 0.366 e. The summed E-state index contributed by atoms with van der Waals surface area (Å²) in [4.78, 5) is 4.96. The van der Waals surface area contributed by atoms with Crippen molar-refractivity contribution in [1.82, 2.24) is 19.9 Å². The molecule has 1 fully saturated rings. The van der Waals surface area contributed by atoms with E-state index < -0.39 is 0 Å². The van der Waals surface area contributed by atoms with Gasteiger partial charge in [0.05, 0.1) is 12.2 Å². The van der Waals surface area contributed by atoms with E-state index >= 15 is 0 Å². The molecule has 0 bridgehead atoms. The second-order valence-electron chi connectivity index (χ2n) is 6.68. The molecule has 1 aliphatic rings. The molecule has 1 aromatic heterocycles. The summed E-state index contributed by atoms with van der Waals surface area (Å²) in [5.74, 6) is 0. The van der Waals surface area contributed by atoms with Crippen molar-refractivity contribution < 1.29 is 0 Å². The van der Waals surface area contributed by atoms with Crippen LogP contribution < -0.4 is 4.90 Å². The van der Waals surface area contributed by atoms with Gasteiger partial charge in [-0.1, -0.05) is 29.5 Å². The normalized spacial score (nSPS) is 19.1. The van der Waals surface area contributed by atoms with Gasteiger partial charge in [-0.05, 0) is 43.7 Å². The molecule has 0 spiro atoms. The van der Waals surface area contributed by atoms with E-state index in [0.717, 1.165) is 37.3 Å². The highest BCUT2D eigenvalue weighted by Crippen LogP contribution is 2.22. The van der Waals surface area contributed by atoms with Crippen LogP contribution in [0.5, 0.6) is 0 Å². The van der Waals surface area contributed by atoms with Gasteiger partial charge in [-0.2, -0.15) is 0 Å². The number of para-hydroxylation sites is 1. The van der Waals surface area contributed by atoms with E-state index in [0.29, 0.717) is 6.04 Å². The van der Waals surface area contributed by atoms with Gasteiger partial charge in [0.25, 0.3) is 0 Å². The summed E-state index contributed by atoms with van der Waals surface area (Å²) in [6.07, 6.45) is 0. The maximum Gasteiger partial charge on any atom is 0.113 e. The number of anilines is 1. The van der Waals surface area contributed by atoms with Gasteiger partial charge in [0.2, 0.25) is 0 Å². The maximum absolute atomic E-state index is 4.31. The highest BCUT2D eigenvalue weighted by atomic mass is 15.5. The minimum Gasteiger partial charge on any atom is -0.366 e. The third-order valence-electron chi connectivity index (χ3n) is 4.80. The van der Waals surface area contributed by atoms with Crippen LogP contribution in [0.4, 0.5) is 5.69 Å². The van der Waals surface area contributed by atoms with Crippen LogP contribution in [-0.2, 0) is 6.67 Å². The molecule has 1 atom stereocenters. The quantitative estimate of drug-likeness (QED) is 0.743. The predicted molar refractivity (Wildman–Crippen MR) is 97.1 cm³/mol. The first kappa shape index (κ1) is 15.1. The van der Waals surface area contributed by atoms with Crippen molar-refractivity contribution in [1.29, 1.82) is 0 Å². The minimum atomic E-state index is 0.482. The van der Waals surface area contributed by atoms with Crippen molar-refractivity contribution in [2.45, 2.75) is 26.6 Å². The molecule has 0 saturated carbocycles. The lowest BCUT2D eigenvalue weighted by Crippen LogP contribution is -2.52. The predicted octanol–water partition coefficient (Wildman–Crippen LogP) is 2.91. The molecule has 0 amide bonds. The molecular weight excluding hydrogens is 298 g/mol. The van der Waals surface area contributed by atoms with Crippen LogP contribution in [0, 0.1) is 6.92 Å². The molecule has 1 aliphatic heterocycles. The molecule has 0 unspecified atom stereocenters. The topological polar surface area (TPSA) is 37.2 Å². The molecule has 5 nitrogen and oxygen atoms in total. The fraction of sp³-hybridized carbons (Fsp3) is 0.368. The molecule has 1 saturated heterocycles. The van der Waals surface area contributed by atoms with Crippen LogP contribution in [0.25, 0.3) is 11.0 Å². The summed E-state index contributed by atoms with van der Waals surface area (Å²) in [5.41, 5.74) is 4.71. The van der Waals surface area contributed by atoms with E-state index in [1.54, 1.807) is 0 Å². The van der Waals surface area contributed by atoms with E-state index in [2.05, 4.69) is 64.3 Å². The average molecular weight is 321 g/mol. The van der Waals surface area contributed by atoms with Crippen molar-refractivity contribution in [3.63, 3.8) is 0 Å². The monoisotopic (exact) mass is 321 g/mol. The Kier molecular flexibility index (Phi) is 3.94. The van der Waals surface area contributed by atoms with Crippen molar-refractivity contribution >= 4 is 16.7 Å². The highest BCUT2D eigenvalue weighted by Gasteiger charge is 2.24. The number of hydrogen-bond donors (Lipinski definition) is 0. The Labute approximate surface area is 142 Å². The summed E-state index contributed by atoms with van der Waals surface area (Å²) in [5, 5.41) is 8.57. The molecule has 0 N–H and O–H groups in total. The first-order valence-electron chi connectivity index (χ1n) is 8.54. The molecule has 0 radical (unpaired) electrons. The van der Waals surface area contributed by atoms with E-state index in [1.807, 2.05) is 22.9 Å². The van der Waals surface area contributed by atoms with Gasteiger partial charge in [-0.15, -0.1) is 5.10 Å². The highest BCUT2D eigenvalue weighted by molar-refractivity contribution is 5.73. The standard InChI is InChI=1S/C19H23N5/c1-15-6-5-7-17(12-15)23-11-10-22(13-16(23)2)14-24-19-9-4-3-8-18(19)20-21-24/h3-9,12,16H,10-11,13-14H2,1-2H3/t16-/m1/s1. The fourth-order valence-corrected chi connectivity index (χ4v) is 3.56. The Morgan fingerprint density at radius 1 is 1.08 bits per heavy atom. The summed E-state index contributed by atoms with van der Waals surface area (Å²) in [6.45, 7) is 8.35. The molecular formula is C19H23N5. The number of hydrogen-bond acceptors (Lipinski definition) is 4. The first-order valence-corrected chi connectivity index (χ1v) is 8.54. The molecule has 2 aromatic carbocycles. The second kappa shape index (κ2) is 6.24. The average Bonchev–Trinajstić information content (AvgIpc) is 2.98. The lowest BCUT2D eigenvalue weighted by atomic mass is 10.1. The number of rotatable bonds is 3. The zero-order chi connectivity index (χ0) is 16.5. The summed E-state index contributed by atoms with van der Waals surface area (Å²) in [7, 11) is 0. The van der Waals surface area contributed by atoms with Gasteiger partial charge in [0.15, 0.2) is 0 Å². The van der Waals surface area contributed by atoms with Gasteiger partial charge in [-0.25, -0.2) is 4.68 Å². The van der Waals surface area contributed by atoms with Crippen LogP contribution in [0.15, 0.2) is 48.5 Å². The number of aromatic nitrogens is 3. The Hall–Kier alpha value is -2.40. The van der Waals surface area contributed by atoms with E-state index in [9.17, 15) is 0 Å². The Morgan fingerprint density at radius 2 is 1.96 bits per heavy atom. The van der Waals surface area contributed by atoms with Crippen LogP contribution in [0.3, 0.4) is 0 Å². The van der Waals surface area contributed by atoms with Crippen LogP contribution in [-0.4, -0.2) is 45.6 Å². The lowest BCUT2D eigenvalue weighted by molar-refractivity contribution is 0.176. The molecule has 5 heteroatoms. The summed E-state index contributed by atoms with van der Waals surface area (Å²) < 4.78 is 2.00. The maximum atomic E-state index is 4.31. The SMILES string of the molecule is Cc1cccc(N2CCN(Cn3nnc4ccccc43)C[C@H]2C)c1. The Bertz CT molecular complexity index is 840.